The summed E-state index contributed by atoms with van der Waals surface area (Å²) in [6, 6.07) is 42.7. The first kappa shape index (κ1) is 26.5. The molecule has 0 aromatic heterocycles. The molecular weight excluding hydrogens is 504 g/mol. The minimum absolute atomic E-state index is 0.664. The Bertz CT molecular complexity index is 1910. The number of rotatable bonds is 7. The van der Waals surface area contributed by atoms with Gasteiger partial charge in [-0.05, 0) is 103 Å². The highest BCUT2D eigenvalue weighted by Gasteiger charge is 2.20. The van der Waals surface area contributed by atoms with Gasteiger partial charge in [-0.25, -0.2) is 0 Å². The molecule has 0 heterocycles. The number of benzene rings is 6. The highest BCUT2D eigenvalue weighted by atomic mass is 14.2. The van der Waals surface area contributed by atoms with Crippen LogP contribution in [0.15, 0.2) is 133 Å². The van der Waals surface area contributed by atoms with Crippen molar-refractivity contribution in [3.8, 4) is 22.3 Å². The van der Waals surface area contributed by atoms with Crippen LogP contribution in [0.4, 0.5) is 0 Å². The Labute approximate surface area is 250 Å². The second-order valence-corrected chi connectivity index (χ2v) is 11.7. The normalized spacial score (nSPS) is 14.2. The predicted molar refractivity (Wildman–Crippen MR) is 184 cm³/mol. The van der Waals surface area contributed by atoms with E-state index in [4.69, 9.17) is 0 Å². The van der Waals surface area contributed by atoms with E-state index < -0.39 is 0 Å². The first-order valence-corrected chi connectivity index (χ1v) is 15.7. The maximum atomic E-state index is 2.52. The summed E-state index contributed by atoms with van der Waals surface area (Å²) in [6.07, 6.45) is 11.0. The molecule has 1 atom stereocenters. The van der Waals surface area contributed by atoms with E-state index in [-0.39, 0.29) is 0 Å². The molecule has 0 N–H and O–H groups in total. The van der Waals surface area contributed by atoms with E-state index in [1.807, 2.05) is 0 Å². The van der Waals surface area contributed by atoms with Gasteiger partial charge >= 0.3 is 0 Å². The van der Waals surface area contributed by atoms with Gasteiger partial charge in [0.15, 0.2) is 0 Å². The van der Waals surface area contributed by atoms with Gasteiger partial charge in [-0.2, -0.15) is 0 Å². The van der Waals surface area contributed by atoms with E-state index in [0.717, 1.165) is 12.8 Å². The second kappa shape index (κ2) is 11.5. The molecule has 6 aromatic carbocycles. The first-order valence-electron chi connectivity index (χ1n) is 15.7. The highest BCUT2D eigenvalue weighted by molar-refractivity contribution is 6.23. The predicted octanol–water partition coefficient (Wildman–Crippen LogP) is 12.4. The van der Waals surface area contributed by atoms with Gasteiger partial charge < -0.3 is 0 Å². The van der Waals surface area contributed by atoms with Crippen molar-refractivity contribution >= 4 is 37.9 Å². The summed E-state index contributed by atoms with van der Waals surface area (Å²) >= 11 is 0. The van der Waals surface area contributed by atoms with Crippen LogP contribution in [0.25, 0.3) is 60.1 Å². The zero-order valence-corrected chi connectivity index (χ0v) is 24.7. The topological polar surface area (TPSA) is 0 Å². The Morgan fingerprint density at radius 2 is 1.07 bits per heavy atom. The SMILES string of the molecule is CCCC(CC)C1=CCCC(c2ccc(-c3c4ccccc4c(-c4ccccc4)c4ccccc34)c3ccccc23)=C1. The molecule has 0 heteroatoms. The average Bonchev–Trinajstić information content (AvgIpc) is 3.06. The van der Waals surface area contributed by atoms with Crippen molar-refractivity contribution in [3.05, 3.63) is 139 Å². The van der Waals surface area contributed by atoms with Gasteiger partial charge in [-0.3, -0.25) is 0 Å². The van der Waals surface area contributed by atoms with Crippen molar-refractivity contribution in [3.63, 3.8) is 0 Å². The summed E-state index contributed by atoms with van der Waals surface area (Å²) in [7, 11) is 0. The summed E-state index contributed by atoms with van der Waals surface area (Å²) in [5.41, 5.74) is 9.64. The molecule has 7 rings (SSSR count). The lowest BCUT2D eigenvalue weighted by atomic mass is 9.81. The molecule has 0 saturated carbocycles. The molecule has 0 radical (unpaired) electrons. The molecule has 0 saturated heterocycles. The van der Waals surface area contributed by atoms with Crippen LogP contribution < -0.4 is 0 Å². The van der Waals surface area contributed by atoms with Crippen molar-refractivity contribution < 1.29 is 0 Å². The lowest BCUT2D eigenvalue weighted by Gasteiger charge is -2.23. The van der Waals surface area contributed by atoms with E-state index in [2.05, 4.69) is 141 Å². The number of fused-ring (bicyclic) bond motifs is 3. The fraction of sp³-hybridized carbons (Fsp3) is 0.190. The first-order chi connectivity index (χ1) is 20.8. The minimum atomic E-state index is 0.664. The van der Waals surface area contributed by atoms with Crippen molar-refractivity contribution in [2.45, 2.75) is 46.0 Å². The molecule has 206 valence electrons. The fourth-order valence-electron chi connectivity index (χ4n) is 7.31. The molecule has 0 aliphatic heterocycles. The van der Waals surface area contributed by atoms with E-state index in [1.54, 1.807) is 5.57 Å². The van der Waals surface area contributed by atoms with Crippen molar-refractivity contribution in [2.75, 3.05) is 0 Å². The highest BCUT2D eigenvalue weighted by Crippen LogP contribution is 2.46. The van der Waals surface area contributed by atoms with Crippen molar-refractivity contribution in [2.24, 2.45) is 5.92 Å². The summed E-state index contributed by atoms with van der Waals surface area (Å²) in [5.74, 6) is 0.664. The Kier molecular flexibility index (Phi) is 7.22. The molecule has 1 aliphatic carbocycles. The fourth-order valence-corrected chi connectivity index (χ4v) is 7.31. The van der Waals surface area contributed by atoms with Crippen LogP contribution in [0, 0.1) is 5.92 Å². The molecule has 42 heavy (non-hydrogen) atoms. The van der Waals surface area contributed by atoms with Gasteiger partial charge in [-0.1, -0.05) is 148 Å². The van der Waals surface area contributed by atoms with E-state index in [9.17, 15) is 0 Å². The molecule has 0 fully saturated rings. The van der Waals surface area contributed by atoms with Crippen molar-refractivity contribution in [1.29, 1.82) is 0 Å². The van der Waals surface area contributed by atoms with Gasteiger partial charge in [0.1, 0.15) is 0 Å². The molecule has 1 unspecified atom stereocenters. The maximum absolute atomic E-state index is 2.52. The monoisotopic (exact) mass is 542 g/mol. The van der Waals surface area contributed by atoms with Crippen LogP contribution in [-0.4, -0.2) is 0 Å². The molecule has 0 amide bonds. The zero-order valence-electron chi connectivity index (χ0n) is 24.7. The largest absolute Gasteiger partial charge is 0.0807 e. The summed E-state index contributed by atoms with van der Waals surface area (Å²) < 4.78 is 0. The van der Waals surface area contributed by atoms with Gasteiger partial charge in [-0.15, -0.1) is 0 Å². The average molecular weight is 543 g/mol. The van der Waals surface area contributed by atoms with E-state index in [1.165, 1.54) is 85.0 Å². The van der Waals surface area contributed by atoms with Gasteiger partial charge in [0.25, 0.3) is 0 Å². The Morgan fingerprint density at radius 1 is 0.548 bits per heavy atom. The third kappa shape index (κ3) is 4.56. The van der Waals surface area contributed by atoms with Crippen LogP contribution in [0.1, 0.15) is 51.5 Å². The van der Waals surface area contributed by atoms with Crippen LogP contribution in [0.3, 0.4) is 0 Å². The molecule has 1 aliphatic rings. The molecule has 0 bridgehead atoms. The third-order valence-corrected chi connectivity index (χ3v) is 9.27. The minimum Gasteiger partial charge on any atom is -0.0807 e. The van der Waals surface area contributed by atoms with Crippen LogP contribution >= 0.6 is 0 Å². The standard InChI is InChI=1S/C42H38/c1-3-15-29(4-2)31-18-14-19-32(28-31)33-26-27-40(35-21-9-8-20-34(33)35)42-38-24-12-10-22-36(38)41(30-16-6-5-7-17-30)37-23-11-13-25-39(37)42/h5-13,16-18,20-29H,3-4,14-15,19H2,1-2H3. The number of hydrogen-bond donors (Lipinski definition) is 0. The smallest absolute Gasteiger partial charge is 0.00201 e. The summed E-state index contributed by atoms with van der Waals surface area (Å²) in [5, 5.41) is 7.90. The molecule has 0 spiro atoms. The van der Waals surface area contributed by atoms with Gasteiger partial charge in [0.2, 0.25) is 0 Å². The van der Waals surface area contributed by atoms with E-state index >= 15 is 0 Å². The maximum Gasteiger partial charge on any atom is -0.00201 e. The van der Waals surface area contributed by atoms with Crippen molar-refractivity contribution in [1.82, 2.24) is 0 Å². The van der Waals surface area contributed by atoms with Crippen LogP contribution in [-0.2, 0) is 0 Å². The summed E-state index contributed by atoms with van der Waals surface area (Å²) in [4.78, 5) is 0. The molecule has 6 aromatic rings. The zero-order chi connectivity index (χ0) is 28.5. The van der Waals surface area contributed by atoms with Gasteiger partial charge in [0.05, 0.1) is 0 Å². The quantitative estimate of drug-likeness (QED) is 0.176. The Balaban J connectivity index is 1.48. The number of allylic oxidation sites excluding steroid dienone is 4. The second-order valence-electron chi connectivity index (χ2n) is 11.7. The lowest BCUT2D eigenvalue weighted by Crippen LogP contribution is -2.05. The van der Waals surface area contributed by atoms with Gasteiger partial charge in [0, 0.05) is 0 Å². The molecule has 0 nitrogen and oxygen atoms in total. The Morgan fingerprint density at radius 3 is 1.67 bits per heavy atom. The Hall–Kier alpha value is -4.42. The summed E-state index contributed by atoms with van der Waals surface area (Å²) in [6.45, 7) is 4.65. The number of hydrogen-bond acceptors (Lipinski definition) is 0. The lowest BCUT2D eigenvalue weighted by molar-refractivity contribution is 0.541. The molecular formula is C42H38. The van der Waals surface area contributed by atoms with Crippen LogP contribution in [0.2, 0.25) is 0 Å². The van der Waals surface area contributed by atoms with E-state index in [0.29, 0.717) is 5.92 Å². The third-order valence-electron chi connectivity index (χ3n) is 9.27. The van der Waals surface area contributed by atoms with Crippen LogP contribution in [0.5, 0.6) is 0 Å².